The minimum atomic E-state index is -0.243. The number of pyridine rings is 1. The van der Waals surface area contributed by atoms with Crippen LogP contribution in [0.25, 0.3) is 0 Å². The summed E-state index contributed by atoms with van der Waals surface area (Å²) in [5, 5.41) is 7.40. The van der Waals surface area contributed by atoms with Crippen LogP contribution in [0.15, 0.2) is 24.5 Å². The van der Waals surface area contributed by atoms with Crippen LogP contribution in [-0.2, 0) is 6.54 Å². The Labute approximate surface area is 110 Å². The first kappa shape index (κ1) is 12.6. The molecule has 0 aliphatic carbocycles. The van der Waals surface area contributed by atoms with Crippen molar-refractivity contribution < 1.29 is 4.79 Å². The maximum absolute atomic E-state index is 12.1. The van der Waals surface area contributed by atoms with E-state index in [1.165, 1.54) is 6.20 Å². The molecule has 0 aliphatic rings. The number of hydrogen-bond donors (Lipinski definition) is 1. The second kappa shape index (κ2) is 5.18. The van der Waals surface area contributed by atoms with Crippen LogP contribution < -0.4 is 5.32 Å². The molecule has 2 rings (SSSR count). The number of carbonyl (C=O) groups is 1. The van der Waals surface area contributed by atoms with E-state index >= 15 is 0 Å². The molecule has 5 nitrogen and oxygen atoms in total. The Bertz CT molecular complexity index is 579. The summed E-state index contributed by atoms with van der Waals surface area (Å²) in [6, 6.07) is 3.36. The van der Waals surface area contributed by atoms with E-state index in [4.69, 9.17) is 11.6 Å². The highest BCUT2D eigenvalue weighted by Crippen LogP contribution is 2.20. The van der Waals surface area contributed by atoms with E-state index in [0.29, 0.717) is 22.9 Å². The van der Waals surface area contributed by atoms with Crippen molar-refractivity contribution in [2.45, 2.75) is 20.4 Å². The van der Waals surface area contributed by atoms with E-state index in [2.05, 4.69) is 15.4 Å². The molecule has 0 fully saturated rings. The van der Waals surface area contributed by atoms with Gasteiger partial charge in [-0.05, 0) is 26.0 Å². The number of halogens is 1. The Kier molecular flexibility index (Phi) is 3.62. The number of hydrogen-bond acceptors (Lipinski definition) is 3. The third-order valence-corrected chi connectivity index (χ3v) is 2.78. The van der Waals surface area contributed by atoms with E-state index < -0.39 is 0 Å². The molecule has 2 heterocycles. The van der Waals surface area contributed by atoms with Gasteiger partial charge in [0.1, 0.15) is 5.69 Å². The summed E-state index contributed by atoms with van der Waals surface area (Å²) >= 11 is 5.96. The van der Waals surface area contributed by atoms with Crippen LogP contribution in [0.5, 0.6) is 0 Å². The summed E-state index contributed by atoms with van der Waals surface area (Å²) in [6.07, 6.45) is 3.08. The fourth-order valence-corrected chi connectivity index (χ4v) is 1.78. The molecule has 18 heavy (non-hydrogen) atoms. The van der Waals surface area contributed by atoms with Crippen LogP contribution >= 0.6 is 11.6 Å². The molecule has 1 N–H and O–H groups in total. The number of carbonyl (C=O) groups excluding carboxylic acids is 1. The molecule has 94 valence electrons. The number of aromatic nitrogens is 3. The molecular formula is C12H13ClN4O. The average molecular weight is 265 g/mol. The molecule has 2 aromatic heterocycles. The second-order valence-corrected chi connectivity index (χ2v) is 4.20. The summed E-state index contributed by atoms with van der Waals surface area (Å²) < 4.78 is 1.65. The van der Waals surface area contributed by atoms with Crippen LogP contribution in [0, 0.1) is 6.92 Å². The van der Waals surface area contributed by atoms with Gasteiger partial charge in [-0.3, -0.25) is 14.5 Å². The fourth-order valence-electron chi connectivity index (χ4n) is 1.63. The third kappa shape index (κ3) is 2.51. The number of nitrogens with zero attached hydrogens (tertiary/aromatic N) is 3. The van der Waals surface area contributed by atoms with Gasteiger partial charge in [0.2, 0.25) is 0 Å². The summed E-state index contributed by atoms with van der Waals surface area (Å²) in [7, 11) is 0. The van der Waals surface area contributed by atoms with Crippen LogP contribution in [0.3, 0.4) is 0 Å². The molecule has 6 heteroatoms. The normalized spacial score (nSPS) is 10.4. The molecule has 0 bridgehead atoms. The molecule has 0 aromatic carbocycles. The number of anilines is 1. The van der Waals surface area contributed by atoms with Crippen molar-refractivity contribution in [1.29, 1.82) is 0 Å². The maximum atomic E-state index is 12.1. The largest absolute Gasteiger partial charge is 0.318 e. The SMILES string of the molecule is CCn1nc(C)cc1C(=O)Nc1cnccc1Cl. The average Bonchev–Trinajstić information content (AvgIpc) is 2.73. The van der Waals surface area contributed by atoms with Crippen LogP contribution in [0.2, 0.25) is 5.02 Å². The number of nitrogens with one attached hydrogen (secondary N) is 1. The molecule has 0 atom stereocenters. The third-order valence-electron chi connectivity index (χ3n) is 2.45. The Balaban J connectivity index is 2.25. The molecule has 1 amide bonds. The van der Waals surface area contributed by atoms with Crippen molar-refractivity contribution in [2.24, 2.45) is 0 Å². The van der Waals surface area contributed by atoms with Gasteiger partial charge in [-0.15, -0.1) is 0 Å². The summed E-state index contributed by atoms with van der Waals surface area (Å²) in [5.41, 5.74) is 1.81. The fraction of sp³-hybridized carbons (Fsp3) is 0.250. The summed E-state index contributed by atoms with van der Waals surface area (Å²) in [5.74, 6) is -0.243. The van der Waals surface area contributed by atoms with Gasteiger partial charge in [-0.2, -0.15) is 5.10 Å². The zero-order valence-corrected chi connectivity index (χ0v) is 10.9. The minimum absolute atomic E-state index is 0.243. The number of amides is 1. The molecule has 0 spiro atoms. The second-order valence-electron chi connectivity index (χ2n) is 3.80. The van der Waals surface area contributed by atoms with Crippen LogP contribution in [0.4, 0.5) is 5.69 Å². The maximum Gasteiger partial charge on any atom is 0.274 e. The lowest BCUT2D eigenvalue weighted by atomic mass is 10.3. The van der Waals surface area contributed by atoms with Crippen molar-refractivity contribution in [3.63, 3.8) is 0 Å². The lowest BCUT2D eigenvalue weighted by molar-refractivity contribution is 0.101. The van der Waals surface area contributed by atoms with Gasteiger partial charge in [-0.25, -0.2) is 0 Å². The van der Waals surface area contributed by atoms with Gasteiger partial charge >= 0.3 is 0 Å². The topological polar surface area (TPSA) is 59.8 Å². The van der Waals surface area contributed by atoms with Gasteiger partial charge in [0.15, 0.2) is 0 Å². The summed E-state index contributed by atoms with van der Waals surface area (Å²) in [6.45, 7) is 4.41. The van der Waals surface area contributed by atoms with Crippen molar-refractivity contribution in [2.75, 3.05) is 5.32 Å². The Morgan fingerprint density at radius 2 is 2.33 bits per heavy atom. The zero-order valence-electron chi connectivity index (χ0n) is 10.1. The predicted octanol–water partition coefficient (Wildman–Crippen LogP) is 2.51. The molecular weight excluding hydrogens is 252 g/mol. The van der Waals surface area contributed by atoms with Gasteiger partial charge in [0, 0.05) is 12.7 Å². The summed E-state index contributed by atoms with van der Waals surface area (Å²) in [4.78, 5) is 16.0. The van der Waals surface area contributed by atoms with Crippen molar-refractivity contribution in [3.05, 3.63) is 40.9 Å². The smallest absolute Gasteiger partial charge is 0.274 e. The van der Waals surface area contributed by atoms with Crippen LogP contribution in [-0.4, -0.2) is 20.7 Å². The number of rotatable bonds is 3. The minimum Gasteiger partial charge on any atom is -0.318 e. The van der Waals surface area contributed by atoms with Gasteiger partial charge in [0.05, 0.1) is 22.6 Å². The molecule has 2 aromatic rings. The molecule has 0 unspecified atom stereocenters. The highest BCUT2D eigenvalue weighted by atomic mass is 35.5. The lowest BCUT2D eigenvalue weighted by Crippen LogP contribution is -2.17. The van der Waals surface area contributed by atoms with Crippen molar-refractivity contribution in [3.8, 4) is 0 Å². The molecule has 0 saturated heterocycles. The first-order valence-electron chi connectivity index (χ1n) is 5.57. The zero-order chi connectivity index (χ0) is 13.1. The molecule has 0 radical (unpaired) electrons. The lowest BCUT2D eigenvalue weighted by Gasteiger charge is -2.07. The van der Waals surface area contributed by atoms with E-state index in [0.717, 1.165) is 5.69 Å². The van der Waals surface area contributed by atoms with E-state index in [-0.39, 0.29) is 5.91 Å². The highest BCUT2D eigenvalue weighted by Gasteiger charge is 2.14. The Morgan fingerprint density at radius 3 is 3.00 bits per heavy atom. The molecule has 0 saturated carbocycles. The quantitative estimate of drug-likeness (QED) is 0.927. The Morgan fingerprint density at radius 1 is 1.56 bits per heavy atom. The standard InChI is InChI=1S/C12H13ClN4O/c1-3-17-11(6-8(2)16-17)12(18)15-10-7-14-5-4-9(10)13/h4-7H,3H2,1-2H3,(H,15,18). The first-order chi connectivity index (χ1) is 8.61. The molecule has 0 aliphatic heterocycles. The van der Waals surface area contributed by atoms with Gasteiger partial charge in [0.25, 0.3) is 5.91 Å². The van der Waals surface area contributed by atoms with Gasteiger partial charge in [-0.1, -0.05) is 11.6 Å². The van der Waals surface area contributed by atoms with Crippen molar-refractivity contribution >= 4 is 23.2 Å². The van der Waals surface area contributed by atoms with Crippen LogP contribution in [0.1, 0.15) is 23.1 Å². The van der Waals surface area contributed by atoms with Crippen molar-refractivity contribution in [1.82, 2.24) is 14.8 Å². The van der Waals surface area contributed by atoms with E-state index in [1.807, 2.05) is 13.8 Å². The predicted molar refractivity (Wildman–Crippen MR) is 69.8 cm³/mol. The van der Waals surface area contributed by atoms with Gasteiger partial charge < -0.3 is 5.32 Å². The number of aryl methyl sites for hydroxylation is 2. The highest BCUT2D eigenvalue weighted by molar-refractivity contribution is 6.33. The monoisotopic (exact) mass is 264 g/mol. The Hall–Kier alpha value is -1.88. The van der Waals surface area contributed by atoms with E-state index in [9.17, 15) is 4.79 Å². The van der Waals surface area contributed by atoms with E-state index in [1.54, 1.807) is 23.0 Å². The first-order valence-corrected chi connectivity index (χ1v) is 5.95.